The van der Waals surface area contributed by atoms with E-state index in [1.807, 2.05) is 0 Å². The van der Waals surface area contributed by atoms with Crippen LogP contribution in [0.3, 0.4) is 0 Å². The Balaban J connectivity index is 2.05. The Morgan fingerprint density at radius 2 is 1.74 bits per heavy atom. The molecule has 0 spiro atoms. The Hall–Kier alpha value is -1.15. The number of fused-ring (bicyclic) bond motifs is 1. The maximum atomic E-state index is 5.89. The lowest BCUT2D eigenvalue weighted by molar-refractivity contribution is 0.321. The highest BCUT2D eigenvalue weighted by Gasteiger charge is 2.29. The maximum absolute atomic E-state index is 5.89. The van der Waals surface area contributed by atoms with Gasteiger partial charge in [-0.25, -0.2) is 0 Å². The Bertz CT molecular complexity index is 558. The standard InChI is InChI=1S/C17H21OS/c1-2-11-18-16-9-10-17(19-12-5-6-13-19)15-8-4-3-7-14(15)16/h3-4,7-10H,2,5-6,11-13H2,1H3/q+1. The van der Waals surface area contributed by atoms with Gasteiger partial charge in [0.15, 0.2) is 4.90 Å². The van der Waals surface area contributed by atoms with Gasteiger partial charge in [-0.15, -0.1) is 0 Å². The normalized spacial score (nSPS) is 16.1. The average Bonchev–Trinajstić information content (AvgIpc) is 2.98. The summed E-state index contributed by atoms with van der Waals surface area (Å²) in [6.07, 6.45) is 3.84. The Morgan fingerprint density at radius 3 is 2.47 bits per heavy atom. The van der Waals surface area contributed by atoms with Gasteiger partial charge < -0.3 is 4.74 Å². The topological polar surface area (TPSA) is 9.23 Å². The molecule has 1 heterocycles. The van der Waals surface area contributed by atoms with E-state index >= 15 is 0 Å². The molecule has 1 aliphatic rings. The molecule has 1 aliphatic heterocycles. The van der Waals surface area contributed by atoms with E-state index < -0.39 is 0 Å². The molecule has 1 saturated heterocycles. The number of ether oxygens (including phenoxy) is 1. The van der Waals surface area contributed by atoms with Gasteiger partial charge in [-0.2, -0.15) is 0 Å². The van der Waals surface area contributed by atoms with Crippen LogP contribution in [0.4, 0.5) is 0 Å². The van der Waals surface area contributed by atoms with E-state index in [2.05, 4.69) is 43.3 Å². The van der Waals surface area contributed by atoms with Crippen LogP contribution in [0.15, 0.2) is 41.3 Å². The molecule has 2 aromatic carbocycles. The zero-order valence-corrected chi connectivity index (χ0v) is 12.3. The molecular weight excluding hydrogens is 252 g/mol. The summed E-state index contributed by atoms with van der Waals surface area (Å²) in [5.41, 5.74) is 0. The summed E-state index contributed by atoms with van der Waals surface area (Å²) in [7, 11) is 0.465. The highest BCUT2D eigenvalue weighted by Crippen LogP contribution is 2.34. The fourth-order valence-corrected chi connectivity index (χ4v) is 5.21. The van der Waals surface area contributed by atoms with Gasteiger partial charge >= 0.3 is 0 Å². The highest BCUT2D eigenvalue weighted by molar-refractivity contribution is 7.97. The van der Waals surface area contributed by atoms with Crippen LogP contribution in [-0.2, 0) is 10.9 Å². The quantitative estimate of drug-likeness (QED) is 0.750. The zero-order valence-electron chi connectivity index (χ0n) is 11.5. The van der Waals surface area contributed by atoms with Crippen molar-refractivity contribution in [1.82, 2.24) is 0 Å². The monoisotopic (exact) mass is 273 g/mol. The summed E-state index contributed by atoms with van der Waals surface area (Å²) in [6, 6.07) is 13.2. The first-order valence-electron chi connectivity index (χ1n) is 7.22. The lowest BCUT2D eigenvalue weighted by Gasteiger charge is -2.11. The molecule has 0 aromatic heterocycles. The first-order chi connectivity index (χ1) is 9.40. The van der Waals surface area contributed by atoms with Crippen LogP contribution in [0.25, 0.3) is 10.8 Å². The second-order valence-electron chi connectivity index (χ2n) is 5.06. The molecule has 0 atom stereocenters. The fraction of sp³-hybridized carbons (Fsp3) is 0.412. The molecular formula is C17H21OS+. The van der Waals surface area contributed by atoms with Crippen molar-refractivity contribution in [2.75, 3.05) is 18.1 Å². The van der Waals surface area contributed by atoms with Gasteiger partial charge in [-0.1, -0.05) is 25.1 Å². The van der Waals surface area contributed by atoms with Crippen molar-refractivity contribution in [1.29, 1.82) is 0 Å². The summed E-state index contributed by atoms with van der Waals surface area (Å²) >= 11 is 0. The summed E-state index contributed by atoms with van der Waals surface area (Å²) in [5.74, 6) is 3.79. The van der Waals surface area contributed by atoms with E-state index in [1.165, 1.54) is 35.1 Å². The summed E-state index contributed by atoms with van der Waals surface area (Å²) < 4.78 is 5.89. The molecule has 100 valence electrons. The highest BCUT2D eigenvalue weighted by atomic mass is 32.2. The largest absolute Gasteiger partial charge is 0.493 e. The van der Waals surface area contributed by atoms with Crippen LogP contribution in [0.1, 0.15) is 26.2 Å². The van der Waals surface area contributed by atoms with Crippen LogP contribution in [-0.4, -0.2) is 18.1 Å². The van der Waals surface area contributed by atoms with Gasteiger partial charge in [-0.05, 0) is 37.5 Å². The molecule has 0 bridgehead atoms. The SMILES string of the molecule is CCCOc1ccc([S+]2CCCC2)c2ccccc12. The van der Waals surface area contributed by atoms with Gasteiger partial charge in [0, 0.05) is 21.7 Å². The number of hydrogen-bond donors (Lipinski definition) is 0. The first kappa shape index (κ1) is 12.9. The molecule has 1 fully saturated rings. The number of hydrogen-bond acceptors (Lipinski definition) is 1. The minimum Gasteiger partial charge on any atom is -0.493 e. The van der Waals surface area contributed by atoms with Crippen LogP contribution < -0.4 is 4.74 Å². The Labute approximate surface area is 118 Å². The summed E-state index contributed by atoms with van der Waals surface area (Å²) in [5, 5.41) is 2.69. The van der Waals surface area contributed by atoms with Crippen LogP contribution >= 0.6 is 0 Å². The Morgan fingerprint density at radius 1 is 1.00 bits per heavy atom. The smallest absolute Gasteiger partial charge is 0.162 e. The van der Waals surface area contributed by atoms with Crippen molar-refractivity contribution in [3.05, 3.63) is 36.4 Å². The van der Waals surface area contributed by atoms with Crippen molar-refractivity contribution in [2.45, 2.75) is 31.1 Å². The van der Waals surface area contributed by atoms with Crippen LogP contribution in [0, 0.1) is 0 Å². The maximum Gasteiger partial charge on any atom is 0.162 e. The van der Waals surface area contributed by atoms with Crippen molar-refractivity contribution in [3.8, 4) is 5.75 Å². The molecule has 0 unspecified atom stereocenters. The van der Waals surface area contributed by atoms with Crippen LogP contribution in [0.2, 0.25) is 0 Å². The molecule has 0 radical (unpaired) electrons. The average molecular weight is 273 g/mol. The van der Waals surface area contributed by atoms with Gasteiger partial charge in [0.2, 0.25) is 0 Å². The molecule has 2 aromatic rings. The number of rotatable bonds is 4. The van der Waals surface area contributed by atoms with Gasteiger partial charge in [-0.3, -0.25) is 0 Å². The van der Waals surface area contributed by atoms with E-state index in [9.17, 15) is 0 Å². The molecule has 0 amide bonds. The van der Waals surface area contributed by atoms with E-state index in [0.717, 1.165) is 18.8 Å². The Kier molecular flexibility index (Phi) is 3.97. The van der Waals surface area contributed by atoms with Gasteiger partial charge in [0.1, 0.15) is 17.3 Å². The lowest BCUT2D eigenvalue weighted by Crippen LogP contribution is -2.05. The lowest BCUT2D eigenvalue weighted by atomic mass is 10.1. The van der Waals surface area contributed by atoms with Crippen molar-refractivity contribution < 1.29 is 4.74 Å². The first-order valence-corrected chi connectivity index (χ1v) is 8.78. The fourth-order valence-electron chi connectivity index (χ4n) is 2.71. The molecule has 2 heteroatoms. The van der Waals surface area contributed by atoms with E-state index in [4.69, 9.17) is 4.74 Å². The zero-order chi connectivity index (χ0) is 13.1. The third kappa shape index (κ3) is 2.59. The predicted molar refractivity (Wildman–Crippen MR) is 84.3 cm³/mol. The van der Waals surface area contributed by atoms with Crippen molar-refractivity contribution in [3.63, 3.8) is 0 Å². The third-order valence-corrected chi connectivity index (χ3v) is 6.19. The predicted octanol–water partition coefficient (Wildman–Crippen LogP) is 4.40. The molecule has 19 heavy (non-hydrogen) atoms. The minimum atomic E-state index is 0.465. The molecule has 0 aliphatic carbocycles. The molecule has 3 rings (SSSR count). The summed E-state index contributed by atoms with van der Waals surface area (Å²) in [4.78, 5) is 1.55. The minimum absolute atomic E-state index is 0.465. The van der Waals surface area contributed by atoms with Crippen molar-refractivity contribution >= 4 is 21.7 Å². The molecule has 0 saturated carbocycles. The van der Waals surface area contributed by atoms with Crippen molar-refractivity contribution in [2.24, 2.45) is 0 Å². The molecule has 0 N–H and O–H groups in total. The second kappa shape index (κ2) is 5.87. The number of benzene rings is 2. The van der Waals surface area contributed by atoms with Crippen LogP contribution in [0.5, 0.6) is 5.75 Å². The molecule has 1 nitrogen and oxygen atoms in total. The van der Waals surface area contributed by atoms with E-state index in [0.29, 0.717) is 10.9 Å². The second-order valence-corrected chi connectivity index (χ2v) is 7.31. The third-order valence-electron chi connectivity index (χ3n) is 3.65. The van der Waals surface area contributed by atoms with Gasteiger partial charge in [0.05, 0.1) is 6.61 Å². The van der Waals surface area contributed by atoms with E-state index in [-0.39, 0.29) is 0 Å². The van der Waals surface area contributed by atoms with Gasteiger partial charge in [0.25, 0.3) is 0 Å². The van der Waals surface area contributed by atoms with E-state index in [1.54, 1.807) is 4.90 Å². The summed E-state index contributed by atoms with van der Waals surface area (Å²) in [6.45, 7) is 2.95.